The van der Waals surface area contributed by atoms with Gasteiger partial charge in [0.1, 0.15) is 0 Å². The number of pyridine rings is 1. The number of amides is 4. The molecule has 0 aromatic carbocycles. The molecule has 0 saturated carbocycles. The number of nitrogens with one attached hydrogen (secondary N) is 2. The number of hydrogen-bond donors (Lipinski definition) is 2. The van der Waals surface area contributed by atoms with Gasteiger partial charge < -0.3 is 5.32 Å². The lowest BCUT2D eigenvalue weighted by Crippen LogP contribution is -2.69. The minimum atomic E-state index is -5.21. The van der Waals surface area contributed by atoms with Crippen molar-refractivity contribution in [1.82, 2.24) is 20.5 Å². The van der Waals surface area contributed by atoms with Gasteiger partial charge in [0.15, 0.2) is 0 Å². The van der Waals surface area contributed by atoms with Crippen molar-refractivity contribution in [2.24, 2.45) is 0 Å². The fourth-order valence-corrected chi connectivity index (χ4v) is 2.18. The van der Waals surface area contributed by atoms with Gasteiger partial charge in [-0.15, -0.1) is 0 Å². The van der Waals surface area contributed by atoms with Crippen LogP contribution in [0.1, 0.15) is 30.1 Å². The normalized spacial score (nSPS) is 20.9. The number of urea groups is 1. The number of rotatable bonds is 5. The van der Waals surface area contributed by atoms with Gasteiger partial charge in [-0.05, 0) is 18.6 Å². The molecule has 0 spiro atoms. The highest BCUT2D eigenvalue weighted by atomic mass is 19.4. The summed E-state index contributed by atoms with van der Waals surface area (Å²) in [7, 11) is 0. The molecule has 1 atom stereocenters. The summed E-state index contributed by atoms with van der Waals surface area (Å²) in [4.78, 5) is 40.2. The molecule has 0 radical (unpaired) electrons. The molecule has 1 fully saturated rings. The number of aromatic nitrogens is 1. The third-order valence-electron chi connectivity index (χ3n) is 3.49. The van der Waals surface area contributed by atoms with E-state index in [9.17, 15) is 27.6 Å². The Balaban J connectivity index is 2.33. The maximum atomic E-state index is 13.5. The summed E-state index contributed by atoms with van der Waals surface area (Å²) >= 11 is 0. The molecule has 1 saturated heterocycles. The molecule has 2 heterocycles. The number of carbonyl (C=O) groups is 3. The average molecular weight is 344 g/mol. The van der Waals surface area contributed by atoms with Crippen LogP contribution in [-0.4, -0.2) is 46.1 Å². The summed E-state index contributed by atoms with van der Waals surface area (Å²) in [6.07, 6.45) is -1.89. The standard InChI is InChI=1S/C14H15F3N4O3/c1-2-3-7-21-11(23)13(14(15,16)17,20-12(21)24)19-10(22)9-5-4-6-18-8-9/h4-6,8H,2-3,7H2,1H3,(H,19,22)(H,20,24)/t13-/m0/s1. The lowest BCUT2D eigenvalue weighted by molar-refractivity contribution is -0.200. The largest absolute Gasteiger partial charge is 0.440 e. The second-order valence-corrected chi connectivity index (χ2v) is 5.18. The Hall–Kier alpha value is -2.65. The number of halogens is 3. The number of unbranched alkanes of at least 4 members (excludes halogenated alkanes) is 1. The van der Waals surface area contributed by atoms with Crippen molar-refractivity contribution in [2.75, 3.05) is 6.54 Å². The van der Waals surface area contributed by atoms with E-state index in [1.165, 1.54) is 18.3 Å². The zero-order valence-corrected chi connectivity index (χ0v) is 12.7. The molecule has 24 heavy (non-hydrogen) atoms. The van der Waals surface area contributed by atoms with Gasteiger partial charge in [0, 0.05) is 18.9 Å². The predicted molar refractivity (Wildman–Crippen MR) is 75.6 cm³/mol. The Kier molecular flexibility index (Phi) is 4.76. The van der Waals surface area contributed by atoms with Crippen molar-refractivity contribution < 1.29 is 27.6 Å². The van der Waals surface area contributed by atoms with Crippen LogP contribution in [0.2, 0.25) is 0 Å². The maximum absolute atomic E-state index is 13.5. The van der Waals surface area contributed by atoms with Crippen molar-refractivity contribution in [1.29, 1.82) is 0 Å². The van der Waals surface area contributed by atoms with Crippen LogP contribution in [0.5, 0.6) is 0 Å². The summed E-state index contributed by atoms with van der Waals surface area (Å²) in [5, 5.41) is 3.18. The molecule has 1 aromatic rings. The van der Waals surface area contributed by atoms with Gasteiger partial charge in [0.25, 0.3) is 17.5 Å². The first kappa shape index (κ1) is 17.7. The summed E-state index contributed by atoms with van der Waals surface area (Å²) in [5.41, 5.74) is -3.65. The second kappa shape index (κ2) is 6.46. The van der Waals surface area contributed by atoms with E-state index in [0.29, 0.717) is 17.7 Å². The van der Waals surface area contributed by atoms with E-state index in [1.807, 2.05) is 0 Å². The van der Waals surface area contributed by atoms with Gasteiger partial charge in [-0.3, -0.25) is 24.8 Å². The average Bonchev–Trinajstić information content (AvgIpc) is 2.77. The molecule has 130 valence electrons. The molecular formula is C14H15F3N4O3. The molecule has 0 unspecified atom stereocenters. The van der Waals surface area contributed by atoms with Gasteiger partial charge in [-0.2, -0.15) is 13.2 Å². The third kappa shape index (κ3) is 3.03. The first-order valence-electron chi connectivity index (χ1n) is 7.16. The highest BCUT2D eigenvalue weighted by Gasteiger charge is 2.68. The quantitative estimate of drug-likeness (QED) is 0.791. The molecule has 10 heteroatoms. The van der Waals surface area contributed by atoms with Crippen molar-refractivity contribution in [3.8, 4) is 0 Å². The van der Waals surface area contributed by atoms with Crippen LogP contribution >= 0.6 is 0 Å². The monoisotopic (exact) mass is 344 g/mol. The van der Waals surface area contributed by atoms with E-state index in [4.69, 9.17) is 0 Å². The minimum Gasteiger partial charge on any atom is -0.314 e. The molecule has 1 aliphatic heterocycles. The summed E-state index contributed by atoms with van der Waals surface area (Å²) in [6.45, 7) is 1.60. The molecule has 1 aromatic heterocycles. The van der Waals surface area contributed by atoms with Crippen LogP contribution < -0.4 is 10.6 Å². The fraction of sp³-hybridized carbons (Fsp3) is 0.429. The zero-order valence-electron chi connectivity index (χ0n) is 12.7. The summed E-state index contributed by atoms with van der Waals surface area (Å²) in [6, 6.07) is 1.40. The van der Waals surface area contributed by atoms with E-state index in [0.717, 1.165) is 6.20 Å². The smallest absolute Gasteiger partial charge is 0.314 e. The molecule has 7 nitrogen and oxygen atoms in total. The topological polar surface area (TPSA) is 91.4 Å². The molecule has 1 aliphatic rings. The van der Waals surface area contributed by atoms with E-state index in [1.54, 1.807) is 17.6 Å². The molecular weight excluding hydrogens is 329 g/mol. The number of hydrogen-bond acceptors (Lipinski definition) is 4. The van der Waals surface area contributed by atoms with Crippen LogP contribution in [0.3, 0.4) is 0 Å². The van der Waals surface area contributed by atoms with Gasteiger partial charge >= 0.3 is 12.2 Å². The van der Waals surface area contributed by atoms with Crippen molar-refractivity contribution in [3.05, 3.63) is 30.1 Å². The first-order valence-corrected chi connectivity index (χ1v) is 7.16. The summed E-state index contributed by atoms with van der Waals surface area (Å²) < 4.78 is 40.6. The lowest BCUT2D eigenvalue weighted by Gasteiger charge is -2.29. The number of nitrogens with zero attached hydrogens (tertiary/aromatic N) is 2. The molecule has 2 N–H and O–H groups in total. The Morgan fingerprint density at radius 1 is 1.42 bits per heavy atom. The first-order chi connectivity index (χ1) is 11.2. The van der Waals surface area contributed by atoms with E-state index < -0.39 is 29.7 Å². The van der Waals surface area contributed by atoms with Crippen molar-refractivity contribution in [3.63, 3.8) is 0 Å². The second-order valence-electron chi connectivity index (χ2n) is 5.18. The molecule has 4 amide bonds. The predicted octanol–water partition coefficient (Wildman–Crippen LogP) is 1.42. The van der Waals surface area contributed by atoms with E-state index >= 15 is 0 Å². The van der Waals surface area contributed by atoms with Gasteiger partial charge in [-0.25, -0.2) is 4.79 Å². The SMILES string of the molecule is CCCCN1C(=O)N[C@](NC(=O)c2cccnc2)(C(F)(F)F)C1=O. The lowest BCUT2D eigenvalue weighted by atomic mass is 10.1. The van der Waals surface area contributed by atoms with Crippen LogP contribution in [0.4, 0.5) is 18.0 Å². The Labute approximate surface area is 135 Å². The van der Waals surface area contributed by atoms with Crippen molar-refractivity contribution in [2.45, 2.75) is 31.6 Å². The fourth-order valence-electron chi connectivity index (χ4n) is 2.18. The van der Waals surface area contributed by atoms with E-state index in [-0.39, 0.29) is 12.1 Å². The summed E-state index contributed by atoms with van der Waals surface area (Å²) in [5.74, 6) is -2.72. The molecule has 0 bridgehead atoms. The van der Waals surface area contributed by atoms with Gasteiger partial charge in [0.05, 0.1) is 5.56 Å². The third-order valence-corrected chi connectivity index (χ3v) is 3.49. The Bertz CT molecular complexity index is 650. The molecule has 0 aliphatic carbocycles. The zero-order chi connectivity index (χ0) is 18.0. The maximum Gasteiger partial charge on any atom is 0.440 e. The van der Waals surface area contributed by atoms with Crippen LogP contribution in [0.25, 0.3) is 0 Å². The van der Waals surface area contributed by atoms with Crippen LogP contribution in [-0.2, 0) is 4.79 Å². The van der Waals surface area contributed by atoms with Crippen molar-refractivity contribution >= 4 is 17.8 Å². The minimum absolute atomic E-state index is 0.165. The number of imide groups is 1. The van der Waals surface area contributed by atoms with Crippen LogP contribution in [0, 0.1) is 0 Å². The Morgan fingerprint density at radius 2 is 2.12 bits per heavy atom. The van der Waals surface area contributed by atoms with Gasteiger partial charge in [0.2, 0.25) is 0 Å². The number of carbonyl (C=O) groups excluding carboxylic acids is 3. The Morgan fingerprint density at radius 3 is 2.67 bits per heavy atom. The van der Waals surface area contributed by atoms with E-state index in [2.05, 4.69) is 4.98 Å². The van der Waals surface area contributed by atoms with Gasteiger partial charge in [-0.1, -0.05) is 13.3 Å². The number of alkyl halides is 3. The highest BCUT2D eigenvalue weighted by molar-refractivity contribution is 6.10. The van der Waals surface area contributed by atoms with Crippen LogP contribution in [0.15, 0.2) is 24.5 Å². The molecule has 2 rings (SSSR count). The highest BCUT2D eigenvalue weighted by Crippen LogP contribution is 2.34.